The largest absolute Gasteiger partial charge is 0.497 e. The minimum atomic E-state index is -0.173. The van der Waals surface area contributed by atoms with Crippen LogP contribution < -0.4 is 15.7 Å². The average molecular weight is 439 g/mol. The Kier molecular flexibility index (Phi) is 5.25. The molecular formula is C22H26N6O2S. The highest BCUT2D eigenvalue weighted by Crippen LogP contribution is 2.29. The predicted octanol–water partition coefficient (Wildman–Crippen LogP) is 2.34. The van der Waals surface area contributed by atoms with Gasteiger partial charge in [-0.05, 0) is 37.6 Å². The summed E-state index contributed by atoms with van der Waals surface area (Å²) in [4.78, 5) is 22.2. The minimum Gasteiger partial charge on any atom is -0.497 e. The Morgan fingerprint density at radius 1 is 1.16 bits per heavy atom. The molecule has 1 aliphatic rings. The van der Waals surface area contributed by atoms with E-state index in [2.05, 4.69) is 40.2 Å². The van der Waals surface area contributed by atoms with Crippen LogP contribution in [-0.4, -0.2) is 56.3 Å². The Bertz CT molecular complexity index is 1270. The van der Waals surface area contributed by atoms with Gasteiger partial charge in [-0.2, -0.15) is 9.61 Å². The summed E-state index contributed by atoms with van der Waals surface area (Å²) in [6, 6.07) is 10.9. The van der Waals surface area contributed by atoms with Gasteiger partial charge < -0.3 is 10.1 Å². The van der Waals surface area contributed by atoms with Crippen LogP contribution >= 0.6 is 11.3 Å². The summed E-state index contributed by atoms with van der Waals surface area (Å²) in [7, 11) is 1.65. The maximum absolute atomic E-state index is 13.2. The quantitative estimate of drug-likeness (QED) is 0.516. The smallest absolute Gasteiger partial charge is 0.352 e. The summed E-state index contributed by atoms with van der Waals surface area (Å²) >= 11 is 1.67. The van der Waals surface area contributed by atoms with Crippen LogP contribution in [0.2, 0.25) is 0 Å². The van der Waals surface area contributed by atoms with E-state index in [9.17, 15) is 4.79 Å². The van der Waals surface area contributed by atoms with Gasteiger partial charge in [0.25, 0.3) is 0 Å². The lowest BCUT2D eigenvalue weighted by atomic mass is 10.1. The molecule has 0 saturated carbocycles. The Hall–Kier alpha value is -2.75. The lowest BCUT2D eigenvalue weighted by Gasteiger charge is -2.35. The van der Waals surface area contributed by atoms with E-state index in [0.717, 1.165) is 41.2 Å². The van der Waals surface area contributed by atoms with E-state index in [1.54, 1.807) is 23.0 Å². The topological polar surface area (TPSA) is 76.7 Å². The van der Waals surface area contributed by atoms with Crippen LogP contribution in [0.1, 0.15) is 24.3 Å². The van der Waals surface area contributed by atoms with E-state index < -0.39 is 0 Å². The lowest BCUT2D eigenvalue weighted by molar-refractivity contribution is 0.168. The fraction of sp³-hybridized carbons (Fsp3) is 0.409. The molecule has 1 aliphatic heterocycles. The standard InChI is InChI=1S/C22H26N6O2S/c1-14-9-26(10-15(2)25-14)12-18-8-19-20-23-13-24-28(20)22(29)27(21(19)31-18)11-16-4-6-17(30-3)7-5-16/h4-8,13-15,25H,9-12H2,1-3H3/t14-,15+. The molecule has 0 radical (unpaired) electrons. The van der Waals surface area contributed by atoms with E-state index in [1.165, 1.54) is 15.7 Å². The van der Waals surface area contributed by atoms with Gasteiger partial charge in [-0.15, -0.1) is 11.3 Å². The van der Waals surface area contributed by atoms with Crippen LogP contribution in [0.5, 0.6) is 5.75 Å². The number of nitrogens with zero attached hydrogens (tertiary/aromatic N) is 5. The molecule has 1 aromatic carbocycles. The van der Waals surface area contributed by atoms with Gasteiger partial charge in [0.05, 0.1) is 19.0 Å². The van der Waals surface area contributed by atoms with Gasteiger partial charge in [0.15, 0.2) is 5.65 Å². The van der Waals surface area contributed by atoms with Crippen LogP contribution in [0.4, 0.5) is 0 Å². The number of rotatable bonds is 5. The van der Waals surface area contributed by atoms with Crippen molar-refractivity contribution >= 4 is 27.2 Å². The van der Waals surface area contributed by atoms with Crippen LogP contribution in [0.3, 0.4) is 0 Å². The van der Waals surface area contributed by atoms with Crippen LogP contribution in [0.15, 0.2) is 41.5 Å². The number of ether oxygens (including phenoxy) is 1. The van der Waals surface area contributed by atoms with Gasteiger partial charge in [0, 0.05) is 36.6 Å². The molecule has 3 aromatic heterocycles. The van der Waals surface area contributed by atoms with E-state index in [4.69, 9.17) is 4.74 Å². The number of nitrogens with one attached hydrogen (secondary N) is 1. The Labute approximate surface area is 184 Å². The van der Waals surface area contributed by atoms with Gasteiger partial charge in [-0.25, -0.2) is 9.78 Å². The first-order valence-electron chi connectivity index (χ1n) is 10.5. The second-order valence-corrected chi connectivity index (χ2v) is 9.42. The van der Waals surface area contributed by atoms with Gasteiger partial charge in [-0.1, -0.05) is 12.1 Å². The summed E-state index contributed by atoms with van der Waals surface area (Å²) in [6.45, 7) is 7.80. The normalized spacial score (nSPS) is 20.0. The third kappa shape index (κ3) is 3.84. The lowest BCUT2D eigenvalue weighted by Crippen LogP contribution is -2.53. The van der Waals surface area contributed by atoms with Gasteiger partial charge in [0.2, 0.25) is 0 Å². The number of hydrogen-bond acceptors (Lipinski definition) is 7. The summed E-state index contributed by atoms with van der Waals surface area (Å²) in [5, 5.41) is 8.73. The zero-order valence-electron chi connectivity index (χ0n) is 17.9. The van der Waals surface area contributed by atoms with E-state index >= 15 is 0 Å². The molecule has 2 atom stereocenters. The van der Waals surface area contributed by atoms with Crippen molar-refractivity contribution in [3.8, 4) is 5.75 Å². The van der Waals surface area contributed by atoms with Gasteiger partial charge >= 0.3 is 5.69 Å². The monoisotopic (exact) mass is 438 g/mol. The molecule has 31 heavy (non-hydrogen) atoms. The molecule has 4 heterocycles. The Morgan fingerprint density at radius 2 is 1.90 bits per heavy atom. The number of benzene rings is 1. The van der Waals surface area contributed by atoms with Crippen molar-refractivity contribution in [3.63, 3.8) is 0 Å². The highest BCUT2D eigenvalue weighted by Gasteiger charge is 2.22. The third-order valence-electron chi connectivity index (χ3n) is 5.72. The van der Waals surface area contributed by atoms with E-state index in [0.29, 0.717) is 24.3 Å². The molecule has 0 unspecified atom stereocenters. The number of piperazine rings is 1. The Morgan fingerprint density at radius 3 is 2.61 bits per heavy atom. The molecular weight excluding hydrogens is 412 g/mol. The third-order valence-corrected chi connectivity index (χ3v) is 6.86. The molecule has 0 amide bonds. The maximum Gasteiger partial charge on any atom is 0.352 e. The van der Waals surface area contributed by atoms with E-state index in [-0.39, 0.29) is 5.69 Å². The number of aromatic nitrogens is 4. The summed E-state index contributed by atoms with van der Waals surface area (Å²) in [5.74, 6) is 0.797. The van der Waals surface area contributed by atoms with Crippen LogP contribution in [-0.2, 0) is 13.1 Å². The number of hydrogen-bond donors (Lipinski definition) is 1. The molecule has 5 rings (SSSR count). The molecule has 0 aliphatic carbocycles. The first-order chi connectivity index (χ1) is 15.0. The average Bonchev–Trinajstić information content (AvgIpc) is 3.38. The number of methoxy groups -OCH3 is 1. The van der Waals surface area contributed by atoms with Crippen molar-refractivity contribution in [3.05, 3.63) is 57.6 Å². The number of thiophene rings is 1. The fourth-order valence-electron chi connectivity index (χ4n) is 4.48. The highest BCUT2D eigenvalue weighted by atomic mass is 32.1. The molecule has 4 aromatic rings. The molecule has 1 saturated heterocycles. The zero-order valence-corrected chi connectivity index (χ0v) is 18.7. The second-order valence-electron chi connectivity index (χ2n) is 8.31. The minimum absolute atomic E-state index is 0.173. The summed E-state index contributed by atoms with van der Waals surface area (Å²) in [5.41, 5.74) is 1.48. The number of fused-ring (bicyclic) bond motifs is 3. The second kappa shape index (κ2) is 8.07. The van der Waals surface area contributed by atoms with Crippen LogP contribution in [0, 0.1) is 0 Å². The molecule has 0 spiro atoms. The van der Waals surface area contributed by atoms with Gasteiger partial charge in [-0.3, -0.25) is 9.47 Å². The zero-order chi connectivity index (χ0) is 21.5. The maximum atomic E-state index is 13.2. The van der Waals surface area contributed by atoms with Crippen molar-refractivity contribution in [2.45, 2.75) is 39.0 Å². The van der Waals surface area contributed by atoms with Crippen LogP contribution in [0.25, 0.3) is 15.9 Å². The fourth-order valence-corrected chi connectivity index (χ4v) is 5.66. The SMILES string of the molecule is COc1ccc(Cn2c(=O)n3ncnc3c3cc(CN4C[C@@H](C)N[C@@H](C)C4)sc32)cc1. The molecule has 1 fully saturated rings. The Balaban J connectivity index is 1.55. The molecule has 1 N–H and O–H groups in total. The predicted molar refractivity (Wildman–Crippen MR) is 122 cm³/mol. The van der Waals surface area contributed by atoms with Crippen molar-refractivity contribution in [1.82, 2.24) is 29.4 Å². The van der Waals surface area contributed by atoms with Crippen molar-refractivity contribution < 1.29 is 4.74 Å². The molecule has 0 bridgehead atoms. The van der Waals surface area contributed by atoms with Crippen molar-refractivity contribution in [2.75, 3.05) is 20.2 Å². The first kappa shape index (κ1) is 20.2. The summed E-state index contributed by atoms with van der Waals surface area (Å²) < 4.78 is 8.45. The highest BCUT2D eigenvalue weighted by molar-refractivity contribution is 7.18. The summed E-state index contributed by atoms with van der Waals surface area (Å²) in [6.07, 6.45) is 1.45. The first-order valence-corrected chi connectivity index (χ1v) is 11.3. The van der Waals surface area contributed by atoms with E-state index in [1.807, 2.05) is 24.3 Å². The molecule has 9 heteroatoms. The molecule has 8 nitrogen and oxygen atoms in total. The van der Waals surface area contributed by atoms with Crippen molar-refractivity contribution in [1.29, 1.82) is 0 Å². The van der Waals surface area contributed by atoms with Gasteiger partial charge in [0.1, 0.15) is 16.9 Å². The van der Waals surface area contributed by atoms with Crippen molar-refractivity contribution in [2.24, 2.45) is 0 Å². The molecule has 162 valence electrons.